The van der Waals surface area contributed by atoms with Gasteiger partial charge in [-0.1, -0.05) is 12.1 Å². The molecule has 0 aromatic heterocycles. The average Bonchev–Trinajstić information content (AvgIpc) is 3.12. The summed E-state index contributed by atoms with van der Waals surface area (Å²) in [5, 5.41) is 2.75. The van der Waals surface area contributed by atoms with Crippen molar-refractivity contribution in [2.75, 3.05) is 26.0 Å². The van der Waals surface area contributed by atoms with Crippen LogP contribution in [-0.4, -0.2) is 61.7 Å². The van der Waals surface area contributed by atoms with Gasteiger partial charge in [0.2, 0.25) is 10.0 Å². The first-order valence-electron chi connectivity index (χ1n) is 8.10. The standard InChI is InChI=1S/C16H21N3O5S/c1-11(9-12-3-4-14-13(10-12)5-8-24-14)17-15(20)18-6-7-19(16(18)21)25(2,22)23/h3-4,10-11H,5-9H2,1-2H3,(H,17,20)/t11-/m0/s1. The predicted molar refractivity (Wildman–Crippen MR) is 91.0 cm³/mol. The number of fused-ring (bicyclic) bond motifs is 1. The molecule has 0 aliphatic carbocycles. The molecule has 1 N–H and O–H groups in total. The number of carbonyl (C=O) groups is 2. The number of nitrogens with one attached hydrogen (secondary N) is 1. The van der Waals surface area contributed by atoms with Gasteiger partial charge in [0, 0.05) is 12.5 Å². The topological polar surface area (TPSA) is 96.0 Å². The van der Waals surface area contributed by atoms with Crippen molar-refractivity contribution in [2.24, 2.45) is 0 Å². The van der Waals surface area contributed by atoms with Gasteiger partial charge >= 0.3 is 12.1 Å². The number of ether oxygens (including phenoxy) is 1. The van der Waals surface area contributed by atoms with Gasteiger partial charge in [-0.05, 0) is 30.5 Å². The number of hydrogen-bond donors (Lipinski definition) is 1. The van der Waals surface area contributed by atoms with Gasteiger partial charge in [-0.25, -0.2) is 27.2 Å². The third kappa shape index (κ3) is 3.71. The fourth-order valence-corrected chi connectivity index (χ4v) is 3.87. The zero-order chi connectivity index (χ0) is 18.2. The van der Waals surface area contributed by atoms with Crippen LogP contribution in [0.25, 0.3) is 0 Å². The number of nitrogens with zero attached hydrogens (tertiary/aromatic N) is 2. The molecule has 1 aromatic rings. The molecule has 25 heavy (non-hydrogen) atoms. The maximum atomic E-state index is 12.3. The van der Waals surface area contributed by atoms with Crippen LogP contribution in [0.3, 0.4) is 0 Å². The Bertz CT molecular complexity index is 808. The lowest BCUT2D eigenvalue weighted by Gasteiger charge is -2.20. The fourth-order valence-electron chi connectivity index (χ4n) is 3.07. The second-order valence-corrected chi connectivity index (χ2v) is 8.27. The summed E-state index contributed by atoms with van der Waals surface area (Å²) in [7, 11) is -3.65. The Hall–Kier alpha value is -2.29. The monoisotopic (exact) mass is 367 g/mol. The predicted octanol–water partition coefficient (Wildman–Crippen LogP) is 0.959. The minimum absolute atomic E-state index is 0.00963. The van der Waals surface area contributed by atoms with Gasteiger partial charge in [-0.2, -0.15) is 0 Å². The first-order valence-corrected chi connectivity index (χ1v) is 9.95. The van der Waals surface area contributed by atoms with Gasteiger partial charge in [0.25, 0.3) is 0 Å². The SMILES string of the molecule is C[C@@H](Cc1ccc2c(c1)CCO2)NC(=O)N1CCN(S(C)(=O)=O)C1=O. The lowest BCUT2D eigenvalue weighted by Crippen LogP contribution is -2.46. The van der Waals surface area contributed by atoms with E-state index in [-0.39, 0.29) is 19.1 Å². The second-order valence-electron chi connectivity index (χ2n) is 6.36. The average molecular weight is 367 g/mol. The molecule has 2 aliphatic rings. The molecule has 136 valence electrons. The maximum absolute atomic E-state index is 12.3. The Morgan fingerprint density at radius 1 is 1.36 bits per heavy atom. The number of imide groups is 1. The first-order chi connectivity index (χ1) is 11.8. The Kier molecular flexibility index (Phi) is 4.59. The molecule has 9 heteroatoms. The quantitative estimate of drug-likeness (QED) is 0.855. The van der Waals surface area contributed by atoms with E-state index in [1.807, 2.05) is 19.1 Å². The van der Waals surface area contributed by atoms with Crippen LogP contribution in [0.2, 0.25) is 0 Å². The van der Waals surface area contributed by atoms with Crippen LogP contribution in [-0.2, 0) is 22.9 Å². The lowest BCUT2D eigenvalue weighted by atomic mass is 10.0. The largest absolute Gasteiger partial charge is 0.493 e. The maximum Gasteiger partial charge on any atom is 0.341 e. The van der Waals surface area contributed by atoms with E-state index in [0.29, 0.717) is 17.3 Å². The van der Waals surface area contributed by atoms with E-state index in [0.717, 1.165) is 34.5 Å². The Balaban J connectivity index is 1.59. The van der Waals surface area contributed by atoms with Gasteiger partial charge in [0.1, 0.15) is 5.75 Å². The van der Waals surface area contributed by atoms with Gasteiger partial charge in [-0.3, -0.25) is 0 Å². The van der Waals surface area contributed by atoms with E-state index in [2.05, 4.69) is 11.4 Å². The molecule has 1 atom stereocenters. The van der Waals surface area contributed by atoms with Crippen molar-refractivity contribution in [3.63, 3.8) is 0 Å². The van der Waals surface area contributed by atoms with Crippen LogP contribution >= 0.6 is 0 Å². The Labute approximate surface area is 146 Å². The van der Waals surface area contributed by atoms with Crippen LogP contribution in [0.1, 0.15) is 18.1 Å². The van der Waals surface area contributed by atoms with Crippen LogP contribution in [0.4, 0.5) is 9.59 Å². The highest BCUT2D eigenvalue weighted by Gasteiger charge is 2.38. The summed E-state index contributed by atoms with van der Waals surface area (Å²) in [6.45, 7) is 2.58. The van der Waals surface area contributed by atoms with E-state index < -0.39 is 22.1 Å². The van der Waals surface area contributed by atoms with Crippen molar-refractivity contribution < 1.29 is 22.7 Å². The fraction of sp³-hybridized carbons (Fsp3) is 0.500. The van der Waals surface area contributed by atoms with Crippen molar-refractivity contribution in [1.29, 1.82) is 0 Å². The summed E-state index contributed by atoms with van der Waals surface area (Å²) in [6, 6.07) is 4.37. The van der Waals surface area contributed by atoms with Gasteiger partial charge in [-0.15, -0.1) is 0 Å². The summed E-state index contributed by atoms with van der Waals surface area (Å²) in [4.78, 5) is 25.3. The Morgan fingerprint density at radius 3 is 2.80 bits per heavy atom. The third-order valence-electron chi connectivity index (χ3n) is 4.28. The minimum atomic E-state index is -3.65. The summed E-state index contributed by atoms with van der Waals surface area (Å²) in [6.07, 6.45) is 2.44. The van der Waals surface area contributed by atoms with Crippen molar-refractivity contribution in [3.05, 3.63) is 29.3 Å². The highest BCUT2D eigenvalue weighted by Crippen LogP contribution is 2.26. The molecule has 1 aromatic carbocycles. The van der Waals surface area contributed by atoms with Crippen molar-refractivity contribution in [1.82, 2.24) is 14.5 Å². The number of carbonyl (C=O) groups excluding carboxylic acids is 2. The summed E-state index contributed by atoms with van der Waals surface area (Å²) in [5.41, 5.74) is 2.23. The van der Waals surface area contributed by atoms with E-state index in [1.54, 1.807) is 0 Å². The van der Waals surface area contributed by atoms with E-state index in [1.165, 1.54) is 0 Å². The molecule has 8 nitrogen and oxygen atoms in total. The molecule has 1 fully saturated rings. The lowest BCUT2D eigenvalue weighted by molar-refractivity contribution is 0.192. The van der Waals surface area contributed by atoms with Crippen LogP contribution in [0, 0.1) is 0 Å². The van der Waals surface area contributed by atoms with Crippen LogP contribution in [0.15, 0.2) is 18.2 Å². The van der Waals surface area contributed by atoms with Gasteiger partial charge in [0.15, 0.2) is 0 Å². The molecule has 0 unspecified atom stereocenters. The molecule has 1 saturated heterocycles. The van der Waals surface area contributed by atoms with Crippen molar-refractivity contribution in [3.8, 4) is 5.75 Å². The number of rotatable bonds is 4. The molecule has 0 bridgehead atoms. The summed E-state index contributed by atoms with van der Waals surface area (Å²) in [5.74, 6) is 0.906. The molecule has 0 spiro atoms. The molecule has 2 aliphatic heterocycles. The van der Waals surface area contributed by atoms with Crippen molar-refractivity contribution >= 4 is 22.1 Å². The molecule has 0 saturated carbocycles. The van der Waals surface area contributed by atoms with Crippen LogP contribution < -0.4 is 10.1 Å². The van der Waals surface area contributed by atoms with Crippen molar-refractivity contribution in [2.45, 2.75) is 25.8 Å². The molecule has 2 heterocycles. The molecule has 0 radical (unpaired) electrons. The highest BCUT2D eigenvalue weighted by atomic mass is 32.2. The molecular formula is C16H21N3O5S. The van der Waals surface area contributed by atoms with Gasteiger partial charge in [0.05, 0.1) is 26.0 Å². The highest BCUT2D eigenvalue weighted by molar-refractivity contribution is 7.88. The molecular weight excluding hydrogens is 346 g/mol. The van der Waals surface area contributed by atoms with E-state index >= 15 is 0 Å². The minimum Gasteiger partial charge on any atom is -0.493 e. The third-order valence-corrected chi connectivity index (χ3v) is 5.42. The molecule has 4 amide bonds. The first kappa shape index (κ1) is 17.5. The number of urea groups is 2. The zero-order valence-corrected chi connectivity index (χ0v) is 15.0. The number of sulfonamides is 1. The van der Waals surface area contributed by atoms with Gasteiger partial charge < -0.3 is 10.1 Å². The van der Waals surface area contributed by atoms with Crippen LogP contribution in [0.5, 0.6) is 5.75 Å². The summed E-state index contributed by atoms with van der Waals surface area (Å²) >= 11 is 0. The molecule has 3 rings (SSSR count). The smallest absolute Gasteiger partial charge is 0.341 e. The van der Waals surface area contributed by atoms with E-state index in [9.17, 15) is 18.0 Å². The second kappa shape index (κ2) is 6.55. The Morgan fingerprint density at radius 2 is 2.12 bits per heavy atom. The number of amides is 4. The summed E-state index contributed by atoms with van der Waals surface area (Å²) < 4.78 is 29.2. The number of hydrogen-bond acceptors (Lipinski definition) is 5. The zero-order valence-electron chi connectivity index (χ0n) is 14.2. The normalized spacial score (nSPS) is 18.1. The van der Waals surface area contributed by atoms with E-state index in [4.69, 9.17) is 4.74 Å². The number of benzene rings is 1.